The lowest BCUT2D eigenvalue weighted by Gasteiger charge is -1.93. The standard InChI is InChI=1S/C8H9ClOS/c1-4-7(5(2)10)6(3)11-8(4)9/h1-3H3. The van der Waals surface area contributed by atoms with Gasteiger partial charge in [-0.15, -0.1) is 11.3 Å². The van der Waals surface area contributed by atoms with E-state index in [-0.39, 0.29) is 5.78 Å². The number of thiophene rings is 1. The Bertz CT molecular complexity index is 301. The van der Waals surface area contributed by atoms with Crippen LogP contribution >= 0.6 is 22.9 Å². The van der Waals surface area contributed by atoms with Gasteiger partial charge < -0.3 is 0 Å². The second kappa shape index (κ2) is 2.95. The molecule has 0 bridgehead atoms. The fourth-order valence-corrected chi connectivity index (χ4v) is 2.50. The van der Waals surface area contributed by atoms with E-state index in [1.807, 2.05) is 13.8 Å². The Morgan fingerprint density at radius 2 is 2.00 bits per heavy atom. The summed E-state index contributed by atoms with van der Waals surface area (Å²) in [7, 11) is 0. The maximum atomic E-state index is 11.0. The molecule has 0 amide bonds. The summed E-state index contributed by atoms with van der Waals surface area (Å²) in [6.45, 7) is 5.36. The second-order valence-electron chi connectivity index (χ2n) is 2.49. The molecule has 60 valence electrons. The molecule has 1 aromatic heterocycles. The van der Waals surface area contributed by atoms with Crippen molar-refractivity contribution in [2.24, 2.45) is 0 Å². The quantitative estimate of drug-likeness (QED) is 0.619. The predicted octanol–water partition coefficient (Wildman–Crippen LogP) is 3.22. The van der Waals surface area contributed by atoms with Gasteiger partial charge in [0.05, 0.1) is 4.34 Å². The Morgan fingerprint density at radius 1 is 1.45 bits per heavy atom. The third-order valence-corrected chi connectivity index (χ3v) is 3.13. The molecule has 0 aromatic carbocycles. The van der Waals surface area contributed by atoms with Gasteiger partial charge in [-0.1, -0.05) is 11.6 Å². The van der Waals surface area contributed by atoms with Crippen molar-refractivity contribution < 1.29 is 4.79 Å². The number of Topliss-reactive ketones (excluding diaryl/α,β-unsaturated/α-hetero) is 1. The molecule has 1 heterocycles. The van der Waals surface area contributed by atoms with Gasteiger partial charge in [-0.2, -0.15) is 0 Å². The summed E-state index contributed by atoms with van der Waals surface area (Å²) in [6, 6.07) is 0. The molecule has 0 N–H and O–H groups in total. The predicted molar refractivity (Wildman–Crippen MR) is 48.8 cm³/mol. The van der Waals surface area contributed by atoms with Gasteiger partial charge in [-0.25, -0.2) is 0 Å². The number of hydrogen-bond donors (Lipinski definition) is 0. The van der Waals surface area contributed by atoms with E-state index in [0.29, 0.717) is 0 Å². The van der Waals surface area contributed by atoms with Crippen molar-refractivity contribution in [3.63, 3.8) is 0 Å². The zero-order chi connectivity index (χ0) is 8.59. The van der Waals surface area contributed by atoms with E-state index in [1.54, 1.807) is 6.92 Å². The first-order valence-corrected chi connectivity index (χ1v) is 4.50. The van der Waals surface area contributed by atoms with E-state index in [1.165, 1.54) is 11.3 Å². The first-order valence-electron chi connectivity index (χ1n) is 3.30. The van der Waals surface area contributed by atoms with Crippen LogP contribution in [-0.2, 0) is 0 Å². The van der Waals surface area contributed by atoms with Crippen LogP contribution in [0.1, 0.15) is 27.7 Å². The van der Waals surface area contributed by atoms with E-state index < -0.39 is 0 Å². The molecule has 1 rings (SSSR count). The van der Waals surface area contributed by atoms with Gasteiger partial charge in [-0.05, 0) is 26.3 Å². The number of aryl methyl sites for hydroxylation is 1. The highest BCUT2D eigenvalue weighted by Gasteiger charge is 2.13. The number of halogens is 1. The normalized spacial score (nSPS) is 10.2. The first-order chi connectivity index (χ1) is 5.04. The van der Waals surface area contributed by atoms with E-state index in [2.05, 4.69) is 0 Å². The van der Waals surface area contributed by atoms with E-state index in [9.17, 15) is 4.79 Å². The zero-order valence-electron chi connectivity index (χ0n) is 6.69. The molecule has 3 heteroatoms. The van der Waals surface area contributed by atoms with E-state index >= 15 is 0 Å². The highest BCUT2D eigenvalue weighted by atomic mass is 35.5. The Hall–Kier alpha value is -0.340. The summed E-state index contributed by atoms with van der Waals surface area (Å²) < 4.78 is 0.729. The third kappa shape index (κ3) is 1.47. The Kier molecular flexibility index (Phi) is 2.35. The molecule has 0 aliphatic carbocycles. The van der Waals surface area contributed by atoms with Crippen molar-refractivity contribution in [1.29, 1.82) is 0 Å². The molecule has 0 fully saturated rings. The molecule has 1 aromatic rings. The SMILES string of the molecule is CC(=O)c1c(C)sc(Cl)c1C. The molecule has 0 spiro atoms. The lowest BCUT2D eigenvalue weighted by atomic mass is 10.1. The average Bonchev–Trinajstić information content (AvgIpc) is 2.07. The number of hydrogen-bond acceptors (Lipinski definition) is 2. The van der Waals surface area contributed by atoms with Gasteiger partial charge in [-0.3, -0.25) is 4.79 Å². The average molecular weight is 189 g/mol. The Morgan fingerprint density at radius 3 is 2.18 bits per heavy atom. The van der Waals surface area contributed by atoms with Crippen LogP contribution in [-0.4, -0.2) is 5.78 Å². The minimum atomic E-state index is 0.100. The summed E-state index contributed by atoms with van der Waals surface area (Å²) in [4.78, 5) is 12.1. The fraction of sp³-hybridized carbons (Fsp3) is 0.375. The molecule has 0 radical (unpaired) electrons. The highest BCUT2D eigenvalue weighted by molar-refractivity contribution is 7.16. The van der Waals surface area contributed by atoms with Crippen LogP contribution in [0.2, 0.25) is 4.34 Å². The molecular formula is C8H9ClOS. The maximum Gasteiger partial charge on any atom is 0.161 e. The topological polar surface area (TPSA) is 17.1 Å². The molecular weight excluding hydrogens is 180 g/mol. The molecule has 0 saturated carbocycles. The molecule has 0 unspecified atom stereocenters. The Labute approximate surface area is 75.0 Å². The summed E-state index contributed by atoms with van der Waals surface area (Å²) >= 11 is 7.31. The van der Waals surface area contributed by atoms with Crippen molar-refractivity contribution in [3.8, 4) is 0 Å². The van der Waals surface area contributed by atoms with Gasteiger partial charge in [0, 0.05) is 10.4 Å². The van der Waals surface area contributed by atoms with Gasteiger partial charge in [0.2, 0.25) is 0 Å². The van der Waals surface area contributed by atoms with Crippen molar-refractivity contribution in [1.82, 2.24) is 0 Å². The molecule has 0 saturated heterocycles. The highest BCUT2D eigenvalue weighted by Crippen LogP contribution is 2.31. The number of rotatable bonds is 1. The van der Waals surface area contributed by atoms with Crippen LogP contribution in [0.15, 0.2) is 0 Å². The van der Waals surface area contributed by atoms with Crippen molar-refractivity contribution in [2.45, 2.75) is 20.8 Å². The summed E-state index contributed by atoms with van der Waals surface area (Å²) in [5.41, 5.74) is 1.71. The van der Waals surface area contributed by atoms with Crippen LogP contribution in [0.4, 0.5) is 0 Å². The van der Waals surface area contributed by atoms with Crippen molar-refractivity contribution >= 4 is 28.7 Å². The van der Waals surface area contributed by atoms with Gasteiger partial charge in [0.25, 0.3) is 0 Å². The van der Waals surface area contributed by atoms with Crippen LogP contribution in [0, 0.1) is 13.8 Å². The lowest BCUT2D eigenvalue weighted by Crippen LogP contribution is -1.93. The van der Waals surface area contributed by atoms with Crippen LogP contribution < -0.4 is 0 Å². The van der Waals surface area contributed by atoms with Crippen LogP contribution in [0.5, 0.6) is 0 Å². The van der Waals surface area contributed by atoms with Crippen LogP contribution in [0.25, 0.3) is 0 Å². The lowest BCUT2D eigenvalue weighted by molar-refractivity contribution is 0.101. The molecule has 1 nitrogen and oxygen atoms in total. The molecule has 11 heavy (non-hydrogen) atoms. The zero-order valence-corrected chi connectivity index (χ0v) is 8.27. The van der Waals surface area contributed by atoms with E-state index in [0.717, 1.165) is 20.3 Å². The maximum absolute atomic E-state index is 11.0. The summed E-state index contributed by atoms with van der Waals surface area (Å²) in [5.74, 6) is 0.100. The Balaban J connectivity index is 3.34. The van der Waals surface area contributed by atoms with Crippen molar-refractivity contribution in [2.75, 3.05) is 0 Å². The van der Waals surface area contributed by atoms with E-state index in [4.69, 9.17) is 11.6 Å². The fourth-order valence-electron chi connectivity index (χ4n) is 1.14. The largest absolute Gasteiger partial charge is 0.294 e. The number of carbonyl (C=O) groups excluding carboxylic acids is 1. The minimum absolute atomic E-state index is 0.100. The van der Waals surface area contributed by atoms with Crippen LogP contribution in [0.3, 0.4) is 0 Å². The summed E-state index contributed by atoms with van der Waals surface area (Å²) in [5, 5.41) is 0. The molecule has 0 atom stereocenters. The third-order valence-electron chi connectivity index (χ3n) is 1.62. The smallest absolute Gasteiger partial charge is 0.161 e. The minimum Gasteiger partial charge on any atom is -0.294 e. The first kappa shape index (κ1) is 8.75. The van der Waals surface area contributed by atoms with Crippen molar-refractivity contribution in [3.05, 3.63) is 20.3 Å². The number of ketones is 1. The number of carbonyl (C=O) groups is 1. The van der Waals surface area contributed by atoms with Gasteiger partial charge in [0.15, 0.2) is 5.78 Å². The van der Waals surface area contributed by atoms with Gasteiger partial charge in [0.1, 0.15) is 0 Å². The van der Waals surface area contributed by atoms with Gasteiger partial charge >= 0.3 is 0 Å². The molecule has 0 aliphatic heterocycles. The second-order valence-corrected chi connectivity index (χ2v) is 4.31. The summed E-state index contributed by atoms with van der Waals surface area (Å²) in [6.07, 6.45) is 0. The monoisotopic (exact) mass is 188 g/mol. The molecule has 0 aliphatic rings.